The standard InChI is InChI=1S/C22H21ClFN3O3/c1-11(28)15-10-25-19-7-6-18(12-8-16(23)22(30)17(24)9-12)27-21(19)20(15)26-13-2-4-14(29)5-3-13/h6-10,13-14,29-30H,2-5H2,1H3,(H,25,26). The van der Waals surface area contributed by atoms with Gasteiger partial charge in [-0.1, -0.05) is 11.6 Å². The van der Waals surface area contributed by atoms with E-state index >= 15 is 0 Å². The molecule has 2 heterocycles. The normalized spacial score (nSPS) is 19.1. The van der Waals surface area contributed by atoms with Crippen molar-refractivity contribution in [2.75, 3.05) is 5.32 Å². The van der Waals surface area contributed by atoms with E-state index in [0.29, 0.717) is 46.4 Å². The molecule has 0 atom stereocenters. The summed E-state index contributed by atoms with van der Waals surface area (Å²) in [6, 6.07) is 6.13. The number of ketones is 1. The largest absolute Gasteiger partial charge is 0.504 e. The lowest BCUT2D eigenvalue weighted by Gasteiger charge is -2.28. The fourth-order valence-corrected chi connectivity index (χ4v) is 3.99. The lowest BCUT2D eigenvalue weighted by molar-refractivity contribution is 0.101. The number of anilines is 1. The molecule has 3 aromatic rings. The molecule has 0 amide bonds. The van der Waals surface area contributed by atoms with Crippen LogP contribution in [0.4, 0.5) is 10.1 Å². The topological polar surface area (TPSA) is 95.3 Å². The van der Waals surface area contributed by atoms with Gasteiger partial charge in [0.15, 0.2) is 17.3 Å². The van der Waals surface area contributed by atoms with Gasteiger partial charge in [-0.05, 0) is 56.9 Å². The van der Waals surface area contributed by atoms with Gasteiger partial charge in [-0.3, -0.25) is 9.78 Å². The number of nitrogens with zero attached hydrogens (tertiary/aromatic N) is 2. The molecule has 4 rings (SSSR count). The van der Waals surface area contributed by atoms with Crippen LogP contribution in [0.1, 0.15) is 43.0 Å². The molecule has 1 aliphatic rings. The Balaban J connectivity index is 1.82. The van der Waals surface area contributed by atoms with Crippen LogP contribution in [0.2, 0.25) is 5.02 Å². The number of benzene rings is 1. The molecular weight excluding hydrogens is 409 g/mol. The Morgan fingerprint density at radius 1 is 1.23 bits per heavy atom. The van der Waals surface area contributed by atoms with Gasteiger partial charge in [-0.2, -0.15) is 0 Å². The molecule has 1 saturated carbocycles. The minimum absolute atomic E-state index is 0.100. The first kappa shape index (κ1) is 20.5. The molecule has 0 aliphatic heterocycles. The van der Waals surface area contributed by atoms with Crippen LogP contribution >= 0.6 is 11.6 Å². The molecule has 8 heteroatoms. The van der Waals surface area contributed by atoms with E-state index in [-0.39, 0.29) is 23.0 Å². The van der Waals surface area contributed by atoms with Crippen molar-refractivity contribution in [2.45, 2.75) is 44.8 Å². The van der Waals surface area contributed by atoms with Gasteiger partial charge in [0.05, 0.1) is 33.6 Å². The van der Waals surface area contributed by atoms with Crippen LogP contribution in [0, 0.1) is 5.82 Å². The van der Waals surface area contributed by atoms with E-state index < -0.39 is 11.6 Å². The summed E-state index contributed by atoms with van der Waals surface area (Å²) in [5.41, 5.74) is 2.93. The second-order valence-corrected chi connectivity index (χ2v) is 8.01. The van der Waals surface area contributed by atoms with Crippen molar-refractivity contribution >= 4 is 34.1 Å². The number of phenols is 1. The lowest BCUT2D eigenvalue weighted by Crippen LogP contribution is -2.29. The van der Waals surface area contributed by atoms with Gasteiger partial charge in [0, 0.05) is 17.8 Å². The summed E-state index contributed by atoms with van der Waals surface area (Å²) in [7, 11) is 0. The molecule has 0 radical (unpaired) electrons. The average Bonchev–Trinajstić information content (AvgIpc) is 2.73. The number of pyridine rings is 2. The van der Waals surface area contributed by atoms with Crippen molar-refractivity contribution in [1.29, 1.82) is 0 Å². The quantitative estimate of drug-likeness (QED) is 0.520. The van der Waals surface area contributed by atoms with Crippen LogP contribution in [0.25, 0.3) is 22.3 Å². The summed E-state index contributed by atoms with van der Waals surface area (Å²) in [5, 5.41) is 22.7. The maximum absolute atomic E-state index is 14.0. The summed E-state index contributed by atoms with van der Waals surface area (Å²) in [6.45, 7) is 1.47. The SMILES string of the molecule is CC(=O)c1cnc2ccc(-c3cc(F)c(O)c(Cl)c3)nc2c1NC1CCC(O)CC1. The van der Waals surface area contributed by atoms with Gasteiger partial charge in [-0.15, -0.1) is 0 Å². The summed E-state index contributed by atoms with van der Waals surface area (Å²) in [6.07, 6.45) is 4.19. The Bertz CT molecular complexity index is 1110. The third kappa shape index (κ3) is 3.95. The molecule has 1 aliphatic carbocycles. The van der Waals surface area contributed by atoms with E-state index in [4.69, 9.17) is 11.6 Å². The number of aliphatic hydroxyl groups is 1. The maximum Gasteiger partial charge on any atom is 0.170 e. The van der Waals surface area contributed by atoms with Crippen LogP contribution in [-0.4, -0.2) is 38.1 Å². The average molecular weight is 430 g/mol. The van der Waals surface area contributed by atoms with E-state index in [0.717, 1.165) is 18.9 Å². The van der Waals surface area contributed by atoms with Gasteiger partial charge in [-0.25, -0.2) is 9.37 Å². The van der Waals surface area contributed by atoms with Gasteiger partial charge in [0.25, 0.3) is 0 Å². The Morgan fingerprint density at radius 2 is 1.97 bits per heavy atom. The molecule has 30 heavy (non-hydrogen) atoms. The van der Waals surface area contributed by atoms with E-state index in [1.54, 1.807) is 12.1 Å². The highest BCUT2D eigenvalue weighted by Crippen LogP contribution is 2.34. The molecule has 156 valence electrons. The van der Waals surface area contributed by atoms with Crippen molar-refractivity contribution in [3.05, 3.63) is 46.9 Å². The van der Waals surface area contributed by atoms with Gasteiger partial charge < -0.3 is 15.5 Å². The lowest BCUT2D eigenvalue weighted by atomic mass is 9.92. The highest BCUT2D eigenvalue weighted by atomic mass is 35.5. The van der Waals surface area contributed by atoms with Crippen LogP contribution in [0.3, 0.4) is 0 Å². The fraction of sp³-hybridized carbons (Fsp3) is 0.318. The van der Waals surface area contributed by atoms with E-state index in [1.807, 2.05) is 0 Å². The molecule has 0 spiro atoms. The summed E-state index contributed by atoms with van der Waals surface area (Å²) < 4.78 is 14.0. The van der Waals surface area contributed by atoms with Gasteiger partial charge in [0.2, 0.25) is 0 Å². The van der Waals surface area contributed by atoms with Crippen LogP contribution < -0.4 is 5.32 Å². The number of fused-ring (bicyclic) bond motifs is 1. The molecular formula is C22H21ClFN3O3. The maximum atomic E-state index is 14.0. The van der Waals surface area contributed by atoms with E-state index in [2.05, 4.69) is 15.3 Å². The molecule has 2 aromatic heterocycles. The highest BCUT2D eigenvalue weighted by Gasteiger charge is 2.23. The zero-order valence-electron chi connectivity index (χ0n) is 16.3. The van der Waals surface area contributed by atoms with Crippen LogP contribution in [0.15, 0.2) is 30.5 Å². The number of hydrogen-bond donors (Lipinski definition) is 3. The number of nitrogens with one attached hydrogen (secondary N) is 1. The Hall–Kier alpha value is -2.77. The van der Waals surface area contributed by atoms with Crippen molar-refractivity contribution in [2.24, 2.45) is 0 Å². The number of rotatable bonds is 4. The minimum atomic E-state index is -0.839. The first-order chi connectivity index (χ1) is 14.3. The predicted octanol–water partition coefficient (Wildman–Crippen LogP) is 4.71. The van der Waals surface area contributed by atoms with E-state index in [1.165, 1.54) is 19.2 Å². The van der Waals surface area contributed by atoms with Crippen molar-refractivity contribution in [3.63, 3.8) is 0 Å². The van der Waals surface area contributed by atoms with Crippen LogP contribution in [-0.2, 0) is 0 Å². The number of hydrogen-bond acceptors (Lipinski definition) is 6. The summed E-state index contributed by atoms with van der Waals surface area (Å²) in [5.74, 6) is -1.59. The minimum Gasteiger partial charge on any atom is -0.504 e. The summed E-state index contributed by atoms with van der Waals surface area (Å²) >= 11 is 5.92. The second-order valence-electron chi connectivity index (χ2n) is 7.61. The zero-order chi connectivity index (χ0) is 21.4. The first-order valence-corrected chi connectivity index (χ1v) is 10.1. The third-order valence-electron chi connectivity index (χ3n) is 5.45. The molecule has 6 nitrogen and oxygen atoms in total. The molecule has 0 saturated heterocycles. The van der Waals surface area contributed by atoms with E-state index in [9.17, 15) is 19.4 Å². The Labute approximate surface area is 177 Å². The molecule has 3 N–H and O–H groups in total. The number of carbonyl (C=O) groups excluding carboxylic acids is 1. The zero-order valence-corrected chi connectivity index (χ0v) is 17.1. The second kappa shape index (κ2) is 8.16. The van der Waals surface area contributed by atoms with Gasteiger partial charge >= 0.3 is 0 Å². The molecule has 1 fully saturated rings. The van der Waals surface area contributed by atoms with Gasteiger partial charge in [0.1, 0.15) is 5.52 Å². The smallest absolute Gasteiger partial charge is 0.170 e. The summed E-state index contributed by atoms with van der Waals surface area (Å²) in [4.78, 5) is 21.2. The number of Topliss-reactive ketones (excluding diaryl/α,β-unsaturated/α-hetero) is 1. The number of aromatic nitrogens is 2. The van der Waals surface area contributed by atoms with Crippen molar-refractivity contribution in [1.82, 2.24) is 9.97 Å². The van der Waals surface area contributed by atoms with Crippen LogP contribution in [0.5, 0.6) is 5.75 Å². The highest BCUT2D eigenvalue weighted by molar-refractivity contribution is 6.32. The number of phenolic OH excluding ortho intramolecular Hbond substituents is 1. The number of aliphatic hydroxyl groups excluding tert-OH is 1. The fourth-order valence-electron chi connectivity index (χ4n) is 3.78. The third-order valence-corrected chi connectivity index (χ3v) is 5.74. The Morgan fingerprint density at radius 3 is 2.63 bits per heavy atom. The predicted molar refractivity (Wildman–Crippen MR) is 113 cm³/mol. The molecule has 0 bridgehead atoms. The monoisotopic (exact) mass is 429 g/mol. The Kier molecular flexibility index (Phi) is 5.58. The number of carbonyl (C=O) groups is 1. The number of halogens is 2. The van der Waals surface area contributed by atoms with Crippen molar-refractivity contribution in [3.8, 4) is 17.0 Å². The number of aromatic hydroxyl groups is 1. The first-order valence-electron chi connectivity index (χ1n) is 9.77. The molecule has 1 aromatic carbocycles. The molecule has 0 unspecified atom stereocenters. The van der Waals surface area contributed by atoms with Crippen molar-refractivity contribution < 1.29 is 19.4 Å².